The summed E-state index contributed by atoms with van der Waals surface area (Å²) in [6, 6.07) is 7.04. The van der Waals surface area contributed by atoms with Gasteiger partial charge in [0.2, 0.25) is 0 Å². The largest absolute Gasteiger partial charge is 0.334 e. The minimum atomic E-state index is 0.423. The van der Waals surface area contributed by atoms with E-state index in [0.717, 1.165) is 18.6 Å². The molecule has 0 saturated carbocycles. The molecule has 0 aliphatic carbocycles. The van der Waals surface area contributed by atoms with E-state index in [2.05, 4.69) is 38.4 Å². The average Bonchev–Trinajstić information content (AvgIpc) is 3.01. The second kappa shape index (κ2) is 4.71. The highest BCUT2D eigenvalue weighted by Gasteiger charge is 2.25. The SMILES string of the molecule is CNC(c1ccc2c(c1)ncn2C)C1CCNC1. The molecule has 0 spiro atoms. The monoisotopic (exact) mass is 244 g/mol. The van der Waals surface area contributed by atoms with Gasteiger partial charge in [0.25, 0.3) is 0 Å². The van der Waals surface area contributed by atoms with Gasteiger partial charge in [-0.15, -0.1) is 0 Å². The third kappa shape index (κ3) is 1.91. The molecule has 1 fully saturated rings. The van der Waals surface area contributed by atoms with E-state index in [9.17, 15) is 0 Å². The lowest BCUT2D eigenvalue weighted by atomic mass is 9.92. The normalized spacial score (nSPS) is 21.6. The van der Waals surface area contributed by atoms with Gasteiger partial charge >= 0.3 is 0 Å². The van der Waals surface area contributed by atoms with Crippen molar-refractivity contribution in [1.82, 2.24) is 20.2 Å². The van der Waals surface area contributed by atoms with Gasteiger partial charge in [0.05, 0.1) is 17.4 Å². The molecular formula is C14H20N4. The molecule has 3 rings (SSSR count). The Kier molecular flexibility index (Phi) is 3.06. The van der Waals surface area contributed by atoms with Crippen molar-refractivity contribution in [3.8, 4) is 0 Å². The molecule has 4 heteroatoms. The molecule has 2 N–H and O–H groups in total. The van der Waals surface area contributed by atoms with Crippen LogP contribution in [0.4, 0.5) is 0 Å². The maximum Gasteiger partial charge on any atom is 0.0955 e. The van der Waals surface area contributed by atoms with Gasteiger partial charge < -0.3 is 15.2 Å². The van der Waals surface area contributed by atoms with E-state index in [0.29, 0.717) is 12.0 Å². The Morgan fingerprint density at radius 2 is 2.39 bits per heavy atom. The van der Waals surface area contributed by atoms with Crippen molar-refractivity contribution >= 4 is 11.0 Å². The summed E-state index contributed by atoms with van der Waals surface area (Å²) in [4.78, 5) is 4.44. The zero-order chi connectivity index (χ0) is 12.5. The molecule has 1 aliphatic heterocycles. The predicted molar refractivity (Wildman–Crippen MR) is 73.5 cm³/mol. The van der Waals surface area contributed by atoms with E-state index in [1.54, 1.807) is 0 Å². The Bertz CT molecular complexity index is 540. The van der Waals surface area contributed by atoms with E-state index in [1.807, 2.05) is 20.4 Å². The van der Waals surface area contributed by atoms with Crippen LogP contribution in [0.1, 0.15) is 18.0 Å². The number of aryl methyl sites for hydroxylation is 1. The second-order valence-electron chi connectivity index (χ2n) is 5.12. The first-order valence-corrected chi connectivity index (χ1v) is 6.58. The van der Waals surface area contributed by atoms with E-state index in [1.165, 1.54) is 17.5 Å². The molecule has 0 amide bonds. The van der Waals surface area contributed by atoms with Crippen molar-refractivity contribution in [3.63, 3.8) is 0 Å². The van der Waals surface area contributed by atoms with Gasteiger partial charge in [0.15, 0.2) is 0 Å². The van der Waals surface area contributed by atoms with Crippen LogP contribution in [-0.2, 0) is 7.05 Å². The summed E-state index contributed by atoms with van der Waals surface area (Å²) in [6.45, 7) is 2.24. The highest BCUT2D eigenvalue weighted by molar-refractivity contribution is 5.76. The summed E-state index contributed by atoms with van der Waals surface area (Å²) >= 11 is 0. The van der Waals surface area contributed by atoms with Crippen molar-refractivity contribution in [2.75, 3.05) is 20.1 Å². The zero-order valence-corrected chi connectivity index (χ0v) is 11.0. The number of nitrogens with one attached hydrogen (secondary N) is 2. The number of imidazole rings is 1. The van der Waals surface area contributed by atoms with Crippen molar-refractivity contribution in [2.45, 2.75) is 12.5 Å². The Morgan fingerprint density at radius 1 is 1.50 bits per heavy atom. The predicted octanol–water partition coefficient (Wildman–Crippen LogP) is 1.44. The van der Waals surface area contributed by atoms with Crippen LogP contribution in [-0.4, -0.2) is 29.7 Å². The fourth-order valence-electron chi connectivity index (χ4n) is 2.98. The molecule has 2 unspecified atom stereocenters. The minimum absolute atomic E-state index is 0.423. The van der Waals surface area contributed by atoms with Crippen LogP contribution in [0.3, 0.4) is 0 Å². The standard InChI is InChI=1S/C14H20N4/c1-15-14(11-5-6-16-8-11)10-3-4-13-12(7-10)17-9-18(13)2/h3-4,7,9,11,14-16H,5-6,8H2,1-2H3. The molecule has 2 heterocycles. The molecule has 1 aromatic heterocycles. The number of aromatic nitrogens is 2. The van der Waals surface area contributed by atoms with Gasteiger partial charge in [-0.25, -0.2) is 4.98 Å². The quantitative estimate of drug-likeness (QED) is 0.858. The third-order valence-corrected chi connectivity index (χ3v) is 3.99. The highest BCUT2D eigenvalue weighted by atomic mass is 15.0. The number of fused-ring (bicyclic) bond motifs is 1. The molecule has 0 bridgehead atoms. The van der Waals surface area contributed by atoms with Crippen LogP contribution < -0.4 is 10.6 Å². The molecule has 4 nitrogen and oxygen atoms in total. The number of hydrogen-bond donors (Lipinski definition) is 2. The summed E-state index contributed by atoms with van der Waals surface area (Å²) in [6.07, 6.45) is 3.12. The Labute approximate surface area is 107 Å². The molecular weight excluding hydrogens is 224 g/mol. The Balaban J connectivity index is 1.96. The molecule has 18 heavy (non-hydrogen) atoms. The topological polar surface area (TPSA) is 41.9 Å². The molecule has 2 aromatic rings. The van der Waals surface area contributed by atoms with Crippen LogP contribution in [0.5, 0.6) is 0 Å². The van der Waals surface area contributed by atoms with Crippen LogP contribution in [0.15, 0.2) is 24.5 Å². The number of rotatable bonds is 3. The fraction of sp³-hybridized carbons (Fsp3) is 0.500. The fourth-order valence-corrected chi connectivity index (χ4v) is 2.98. The van der Waals surface area contributed by atoms with Gasteiger partial charge in [-0.3, -0.25) is 0 Å². The summed E-state index contributed by atoms with van der Waals surface area (Å²) in [5, 5.41) is 6.90. The van der Waals surface area contributed by atoms with E-state index in [4.69, 9.17) is 0 Å². The number of nitrogens with zero attached hydrogens (tertiary/aromatic N) is 2. The summed E-state index contributed by atoms with van der Waals surface area (Å²) < 4.78 is 2.06. The molecule has 1 aromatic carbocycles. The van der Waals surface area contributed by atoms with Crippen molar-refractivity contribution in [1.29, 1.82) is 0 Å². The van der Waals surface area contributed by atoms with Gasteiger partial charge in [-0.05, 0) is 50.2 Å². The molecule has 0 radical (unpaired) electrons. The summed E-state index contributed by atoms with van der Waals surface area (Å²) in [7, 11) is 4.08. The zero-order valence-electron chi connectivity index (χ0n) is 11.0. The van der Waals surface area contributed by atoms with E-state index in [-0.39, 0.29) is 0 Å². The summed E-state index contributed by atoms with van der Waals surface area (Å²) in [5.74, 6) is 0.677. The molecule has 96 valence electrons. The first kappa shape index (κ1) is 11.7. The van der Waals surface area contributed by atoms with Crippen LogP contribution in [0.25, 0.3) is 11.0 Å². The maximum absolute atomic E-state index is 4.44. The van der Waals surface area contributed by atoms with Gasteiger partial charge in [0, 0.05) is 13.1 Å². The first-order chi connectivity index (χ1) is 8.79. The lowest BCUT2D eigenvalue weighted by molar-refractivity contribution is 0.411. The van der Waals surface area contributed by atoms with Crippen LogP contribution in [0, 0.1) is 5.92 Å². The maximum atomic E-state index is 4.44. The van der Waals surface area contributed by atoms with Crippen LogP contribution in [0.2, 0.25) is 0 Å². The van der Waals surface area contributed by atoms with Crippen LogP contribution >= 0.6 is 0 Å². The lowest BCUT2D eigenvalue weighted by Crippen LogP contribution is -2.26. The average molecular weight is 244 g/mol. The minimum Gasteiger partial charge on any atom is -0.334 e. The molecule has 1 saturated heterocycles. The lowest BCUT2D eigenvalue weighted by Gasteiger charge is -2.22. The smallest absolute Gasteiger partial charge is 0.0955 e. The Hall–Kier alpha value is -1.39. The Morgan fingerprint density at radius 3 is 3.11 bits per heavy atom. The van der Waals surface area contributed by atoms with E-state index < -0.39 is 0 Å². The molecule has 1 aliphatic rings. The van der Waals surface area contributed by atoms with Gasteiger partial charge in [-0.1, -0.05) is 6.07 Å². The third-order valence-electron chi connectivity index (χ3n) is 3.99. The second-order valence-corrected chi connectivity index (χ2v) is 5.12. The molecule has 2 atom stereocenters. The number of hydrogen-bond acceptors (Lipinski definition) is 3. The van der Waals surface area contributed by atoms with Crippen molar-refractivity contribution in [3.05, 3.63) is 30.1 Å². The van der Waals surface area contributed by atoms with Gasteiger partial charge in [-0.2, -0.15) is 0 Å². The highest BCUT2D eigenvalue weighted by Crippen LogP contribution is 2.28. The van der Waals surface area contributed by atoms with Crippen molar-refractivity contribution < 1.29 is 0 Å². The number of benzene rings is 1. The first-order valence-electron chi connectivity index (χ1n) is 6.58. The van der Waals surface area contributed by atoms with Gasteiger partial charge in [0.1, 0.15) is 0 Å². The summed E-state index contributed by atoms with van der Waals surface area (Å²) in [5.41, 5.74) is 3.62. The van der Waals surface area contributed by atoms with E-state index >= 15 is 0 Å². The van der Waals surface area contributed by atoms with Crippen molar-refractivity contribution in [2.24, 2.45) is 13.0 Å².